The fourth-order valence-electron chi connectivity index (χ4n) is 2.72. The summed E-state index contributed by atoms with van der Waals surface area (Å²) in [6.07, 6.45) is -0.140. The fourth-order valence-corrected chi connectivity index (χ4v) is 2.85. The van der Waals surface area contributed by atoms with Crippen LogP contribution in [0.4, 0.5) is 5.69 Å². The quantitative estimate of drug-likeness (QED) is 0.780. The van der Waals surface area contributed by atoms with E-state index < -0.39 is 6.10 Å². The highest BCUT2D eigenvalue weighted by molar-refractivity contribution is 6.30. The van der Waals surface area contributed by atoms with Crippen LogP contribution in [-0.2, 0) is 11.3 Å². The van der Waals surface area contributed by atoms with Crippen molar-refractivity contribution in [2.75, 3.05) is 4.90 Å². The van der Waals surface area contributed by atoms with Crippen LogP contribution >= 0.6 is 11.6 Å². The highest BCUT2D eigenvalue weighted by Gasteiger charge is 2.32. The van der Waals surface area contributed by atoms with Crippen LogP contribution in [0.5, 0.6) is 5.75 Å². The van der Waals surface area contributed by atoms with E-state index >= 15 is 0 Å². The second kappa shape index (κ2) is 6.65. The number of anilines is 1. The lowest BCUT2D eigenvalue weighted by atomic mass is 10.0. The molecule has 1 amide bonds. The zero-order valence-electron chi connectivity index (χ0n) is 13.6. The molecule has 2 aromatic rings. The van der Waals surface area contributed by atoms with E-state index in [1.54, 1.807) is 42.2 Å². The lowest BCUT2D eigenvalue weighted by Crippen LogP contribution is -2.44. The van der Waals surface area contributed by atoms with Crippen molar-refractivity contribution in [1.29, 1.82) is 0 Å². The topological polar surface area (TPSA) is 46.6 Å². The number of rotatable bonds is 4. The Bertz CT molecular complexity index is 786. The molecule has 1 heterocycles. The molecule has 0 N–H and O–H groups in total. The Kier molecular flexibility index (Phi) is 4.58. The molecule has 0 aliphatic carbocycles. The molecule has 2 aromatic carbocycles. The monoisotopic (exact) mass is 343 g/mol. The summed E-state index contributed by atoms with van der Waals surface area (Å²) in [5.74, 6) is 0.526. The number of hydrogen-bond donors (Lipinski definition) is 0. The van der Waals surface area contributed by atoms with Gasteiger partial charge in [-0.3, -0.25) is 9.59 Å². The van der Waals surface area contributed by atoms with Gasteiger partial charge in [0.05, 0.1) is 12.2 Å². The summed E-state index contributed by atoms with van der Waals surface area (Å²) < 4.78 is 5.68. The number of fused-ring (bicyclic) bond motifs is 1. The molecule has 4 nitrogen and oxygen atoms in total. The van der Waals surface area contributed by atoms with Crippen LogP contribution in [0.1, 0.15) is 36.2 Å². The fraction of sp³-hybridized carbons (Fsp3) is 0.263. The third kappa shape index (κ3) is 3.15. The highest BCUT2D eigenvalue weighted by Crippen LogP contribution is 2.36. The molecule has 0 spiro atoms. The van der Waals surface area contributed by atoms with E-state index in [1.165, 1.54) is 0 Å². The minimum atomic E-state index is -0.558. The molecule has 1 atom stereocenters. The minimum Gasteiger partial charge on any atom is -0.479 e. The smallest absolute Gasteiger partial charge is 0.268 e. The van der Waals surface area contributed by atoms with Crippen molar-refractivity contribution in [2.24, 2.45) is 0 Å². The van der Waals surface area contributed by atoms with Crippen LogP contribution in [-0.4, -0.2) is 17.8 Å². The average molecular weight is 344 g/mol. The number of ether oxygens (including phenoxy) is 1. The summed E-state index contributed by atoms with van der Waals surface area (Å²) in [4.78, 5) is 26.3. The van der Waals surface area contributed by atoms with Gasteiger partial charge in [0.15, 0.2) is 11.9 Å². The molecule has 1 aliphatic rings. The van der Waals surface area contributed by atoms with Crippen LogP contribution < -0.4 is 9.64 Å². The number of nitrogens with zero attached hydrogens (tertiary/aromatic N) is 1. The maximum absolute atomic E-state index is 12.6. The van der Waals surface area contributed by atoms with Crippen LogP contribution in [0, 0.1) is 0 Å². The Balaban J connectivity index is 2.00. The number of carbonyl (C=O) groups is 2. The number of halogens is 1. The van der Waals surface area contributed by atoms with Crippen molar-refractivity contribution in [3.05, 3.63) is 58.6 Å². The van der Waals surface area contributed by atoms with E-state index in [9.17, 15) is 9.59 Å². The molecule has 0 radical (unpaired) electrons. The van der Waals surface area contributed by atoms with Gasteiger partial charge in [0.2, 0.25) is 0 Å². The van der Waals surface area contributed by atoms with E-state index in [0.717, 1.165) is 5.56 Å². The Labute approximate surface area is 146 Å². The van der Waals surface area contributed by atoms with Crippen LogP contribution in [0.25, 0.3) is 0 Å². The number of hydrogen-bond acceptors (Lipinski definition) is 3. The van der Waals surface area contributed by atoms with Gasteiger partial charge in [-0.25, -0.2) is 0 Å². The van der Waals surface area contributed by atoms with Crippen LogP contribution in [0.3, 0.4) is 0 Å². The Morgan fingerprint density at radius 3 is 2.58 bits per heavy atom. The third-order valence-corrected chi connectivity index (χ3v) is 4.32. The van der Waals surface area contributed by atoms with Gasteiger partial charge < -0.3 is 9.64 Å². The van der Waals surface area contributed by atoms with E-state index in [-0.39, 0.29) is 11.7 Å². The zero-order valence-corrected chi connectivity index (χ0v) is 14.3. The summed E-state index contributed by atoms with van der Waals surface area (Å²) in [5.41, 5.74) is 2.18. The molecular formula is C19H18ClNO3. The predicted octanol–water partition coefficient (Wildman–Crippen LogP) is 4.25. The van der Waals surface area contributed by atoms with Gasteiger partial charge in [-0.15, -0.1) is 0 Å². The SMILES string of the molecule is CCC(=O)c1ccc2c(c1)N(Cc1ccc(Cl)cc1)C(=O)C(C)O2. The molecule has 1 aliphatic heterocycles. The second-order valence-electron chi connectivity index (χ2n) is 5.77. The standard InChI is InChI=1S/C19H18ClNO3/c1-3-17(22)14-6-9-18-16(10-14)21(19(23)12(2)24-18)11-13-4-7-15(20)8-5-13/h4-10,12H,3,11H2,1-2H3. The molecule has 124 valence electrons. The van der Waals surface area contributed by atoms with Gasteiger partial charge in [-0.05, 0) is 42.8 Å². The summed E-state index contributed by atoms with van der Waals surface area (Å²) in [6.45, 7) is 3.95. The first-order valence-corrected chi connectivity index (χ1v) is 8.27. The van der Waals surface area contributed by atoms with Crippen molar-refractivity contribution in [3.8, 4) is 5.75 Å². The van der Waals surface area contributed by atoms with Gasteiger partial charge in [0, 0.05) is 17.0 Å². The van der Waals surface area contributed by atoms with E-state index in [0.29, 0.717) is 35.0 Å². The third-order valence-electron chi connectivity index (χ3n) is 4.06. The van der Waals surface area contributed by atoms with Crippen LogP contribution in [0.15, 0.2) is 42.5 Å². The van der Waals surface area contributed by atoms with Gasteiger partial charge in [0.25, 0.3) is 5.91 Å². The summed E-state index contributed by atoms with van der Waals surface area (Å²) >= 11 is 5.92. The first-order chi connectivity index (χ1) is 11.5. The predicted molar refractivity (Wildman–Crippen MR) is 93.8 cm³/mol. The van der Waals surface area contributed by atoms with Crippen molar-refractivity contribution in [2.45, 2.75) is 32.9 Å². The van der Waals surface area contributed by atoms with Gasteiger partial charge in [0.1, 0.15) is 5.75 Å². The molecule has 0 fully saturated rings. The molecule has 5 heteroatoms. The maximum Gasteiger partial charge on any atom is 0.268 e. The van der Waals surface area contributed by atoms with E-state index in [2.05, 4.69) is 0 Å². The molecular weight excluding hydrogens is 326 g/mol. The number of ketones is 1. The normalized spacial score (nSPS) is 16.5. The molecule has 0 saturated carbocycles. The Morgan fingerprint density at radius 2 is 1.92 bits per heavy atom. The maximum atomic E-state index is 12.6. The lowest BCUT2D eigenvalue weighted by molar-refractivity contribution is -0.125. The zero-order chi connectivity index (χ0) is 17.3. The largest absolute Gasteiger partial charge is 0.479 e. The summed E-state index contributed by atoms with van der Waals surface area (Å²) in [5, 5.41) is 0.650. The van der Waals surface area contributed by atoms with Gasteiger partial charge >= 0.3 is 0 Å². The molecule has 3 rings (SSSR count). The molecule has 0 saturated heterocycles. The molecule has 0 bridgehead atoms. The Morgan fingerprint density at radius 1 is 1.21 bits per heavy atom. The highest BCUT2D eigenvalue weighted by atomic mass is 35.5. The van der Waals surface area contributed by atoms with E-state index in [4.69, 9.17) is 16.3 Å². The van der Waals surface area contributed by atoms with Crippen molar-refractivity contribution < 1.29 is 14.3 Å². The summed E-state index contributed by atoms with van der Waals surface area (Å²) in [7, 11) is 0. The van der Waals surface area contributed by atoms with E-state index in [1.807, 2.05) is 19.1 Å². The number of benzene rings is 2. The van der Waals surface area contributed by atoms with Gasteiger partial charge in [-0.1, -0.05) is 30.7 Å². The Hall–Kier alpha value is -2.33. The molecule has 1 unspecified atom stereocenters. The van der Waals surface area contributed by atoms with Crippen molar-refractivity contribution in [1.82, 2.24) is 0 Å². The number of amides is 1. The molecule has 0 aromatic heterocycles. The first kappa shape index (κ1) is 16.5. The number of carbonyl (C=O) groups excluding carboxylic acids is 2. The van der Waals surface area contributed by atoms with Crippen molar-refractivity contribution in [3.63, 3.8) is 0 Å². The van der Waals surface area contributed by atoms with Crippen molar-refractivity contribution >= 4 is 29.0 Å². The van der Waals surface area contributed by atoms with Crippen LogP contribution in [0.2, 0.25) is 5.02 Å². The molecule has 24 heavy (non-hydrogen) atoms. The van der Waals surface area contributed by atoms with Gasteiger partial charge in [-0.2, -0.15) is 0 Å². The second-order valence-corrected chi connectivity index (χ2v) is 6.21. The average Bonchev–Trinajstić information content (AvgIpc) is 2.59. The lowest BCUT2D eigenvalue weighted by Gasteiger charge is -2.33. The summed E-state index contributed by atoms with van der Waals surface area (Å²) in [6, 6.07) is 12.6. The number of Topliss-reactive ketones (excluding diaryl/α,β-unsaturated/α-hetero) is 1. The minimum absolute atomic E-state index is 0.0373. The first-order valence-electron chi connectivity index (χ1n) is 7.89.